The maximum Gasteiger partial charge on any atom is 0.416 e. The number of methoxy groups -OCH3 is 1. The molecule has 0 fully saturated rings. The largest absolute Gasteiger partial charge is 0.497 e. The fourth-order valence-electron chi connectivity index (χ4n) is 3.37. The smallest absolute Gasteiger partial charge is 0.416 e. The van der Waals surface area contributed by atoms with E-state index in [0.29, 0.717) is 11.3 Å². The number of aromatic nitrogens is 1. The van der Waals surface area contributed by atoms with Crippen LogP contribution in [0.5, 0.6) is 5.75 Å². The zero-order valence-corrected chi connectivity index (χ0v) is 19.3. The van der Waals surface area contributed by atoms with Crippen LogP contribution in [0.15, 0.2) is 78.0 Å². The van der Waals surface area contributed by atoms with Gasteiger partial charge in [0.05, 0.1) is 17.6 Å². The Kier molecular flexibility index (Phi) is 8.10. The number of nitrogens with one attached hydrogen (secondary N) is 1. The average molecular weight is 510 g/mol. The molecule has 186 valence electrons. The van der Waals surface area contributed by atoms with E-state index in [1.807, 2.05) is 0 Å². The van der Waals surface area contributed by atoms with Crippen molar-refractivity contribution in [2.75, 3.05) is 7.11 Å². The Bertz CT molecular complexity index is 1240. The van der Waals surface area contributed by atoms with Gasteiger partial charge in [-0.25, -0.2) is 13.9 Å². The van der Waals surface area contributed by atoms with Gasteiger partial charge in [-0.1, -0.05) is 18.2 Å². The molecule has 0 aliphatic rings. The molecule has 0 spiro atoms. The minimum Gasteiger partial charge on any atom is -0.497 e. The van der Waals surface area contributed by atoms with Gasteiger partial charge in [0.1, 0.15) is 11.8 Å². The number of benzene rings is 2. The number of sulfonamides is 1. The van der Waals surface area contributed by atoms with Gasteiger partial charge in [0.25, 0.3) is 5.91 Å². The molecule has 1 heterocycles. The zero-order chi connectivity index (χ0) is 25.6. The molecule has 0 saturated carbocycles. The van der Waals surface area contributed by atoms with E-state index in [9.17, 15) is 31.6 Å². The first-order chi connectivity index (χ1) is 16.6. The van der Waals surface area contributed by atoms with Crippen LogP contribution >= 0.6 is 0 Å². The molecule has 0 unspecified atom stereocenters. The van der Waals surface area contributed by atoms with Gasteiger partial charge in [0, 0.05) is 18.9 Å². The van der Waals surface area contributed by atoms with Crippen LogP contribution in [0, 0.1) is 0 Å². The number of carbonyl (C=O) groups is 1. The van der Waals surface area contributed by atoms with Gasteiger partial charge in [0.15, 0.2) is 0 Å². The van der Waals surface area contributed by atoms with Crippen LogP contribution in [0.3, 0.4) is 0 Å². The molecule has 0 aliphatic carbocycles. The molecule has 2 N–H and O–H groups in total. The lowest BCUT2D eigenvalue weighted by atomic mass is 10.0. The third kappa shape index (κ3) is 6.35. The predicted octanol–water partition coefficient (Wildman–Crippen LogP) is 3.42. The number of hydrogen-bond acceptors (Lipinski definition) is 6. The fraction of sp³-hybridized carbons (Fsp3) is 0.217. The molecule has 1 amide bonds. The molecule has 35 heavy (non-hydrogen) atoms. The SMILES string of the molecule is COc1ccc(S(=O)(=O)N(Cc2cccnc2)[C@H](Cc2ccc(C(F)(F)F)cc2)C(=O)NO)cc1. The Morgan fingerprint density at radius 2 is 1.74 bits per heavy atom. The van der Waals surface area contributed by atoms with Crippen molar-refractivity contribution in [1.82, 2.24) is 14.8 Å². The molecule has 0 bridgehead atoms. The standard InChI is InChI=1S/C23H22F3N3O5S/c1-34-19-8-10-20(11-9-19)35(32,33)29(15-17-3-2-12-27-14-17)21(22(30)28-31)13-16-4-6-18(7-5-16)23(24,25)26/h2-12,14,21,31H,13,15H2,1H3,(H,28,30)/t21-/m1/s1. The predicted molar refractivity (Wildman–Crippen MR) is 119 cm³/mol. The highest BCUT2D eigenvalue weighted by Crippen LogP contribution is 2.30. The Balaban J connectivity index is 2.05. The lowest BCUT2D eigenvalue weighted by Crippen LogP contribution is -2.49. The first kappa shape index (κ1) is 26.1. The van der Waals surface area contributed by atoms with Crippen molar-refractivity contribution in [3.8, 4) is 5.75 Å². The van der Waals surface area contributed by atoms with E-state index in [-0.39, 0.29) is 23.4 Å². The summed E-state index contributed by atoms with van der Waals surface area (Å²) in [6.07, 6.45) is -1.95. The van der Waals surface area contributed by atoms with Crippen molar-refractivity contribution in [3.05, 3.63) is 89.7 Å². The number of nitrogens with zero attached hydrogens (tertiary/aromatic N) is 2. The highest BCUT2D eigenvalue weighted by Gasteiger charge is 2.37. The number of halogens is 3. The van der Waals surface area contributed by atoms with Crippen molar-refractivity contribution >= 4 is 15.9 Å². The number of hydroxylamine groups is 1. The third-order valence-electron chi connectivity index (χ3n) is 5.20. The van der Waals surface area contributed by atoms with Gasteiger partial charge < -0.3 is 4.74 Å². The molecular weight excluding hydrogens is 487 g/mol. The Morgan fingerprint density at radius 3 is 2.26 bits per heavy atom. The lowest BCUT2D eigenvalue weighted by Gasteiger charge is -2.29. The monoisotopic (exact) mass is 509 g/mol. The van der Waals surface area contributed by atoms with E-state index in [4.69, 9.17) is 4.74 Å². The first-order valence-electron chi connectivity index (χ1n) is 10.2. The van der Waals surface area contributed by atoms with E-state index in [0.717, 1.165) is 28.6 Å². The van der Waals surface area contributed by atoms with Crippen LogP contribution in [0.2, 0.25) is 0 Å². The number of pyridine rings is 1. The van der Waals surface area contributed by atoms with Crippen LogP contribution in [0.1, 0.15) is 16.7 Å². The maximum absolute atomic E-state index is 13.6. The third-order valence-corrected chi connectivity index (χ3v) is 7.07. The summed E-state index contributed by atoms with van der Waals surface area (Å²) in [5, 5.41) is 9.35. The van der Waals surface area contributed by atoms with Crippen LogP contribution < -0.4 is 10.2 Å². The van der Waals surface area contributed by atoms with E-state index >= 15 is 0 Å². The van der Waals surface area contributed by atoms with E-state index in [1.165, 1.54) is 49.2 Å². The topological polar surface area (TPSA) is 109 Å². The summed E-state index contributed by atoms with van der Waals surface area (Å²) >= 11 is 0. The fourth-order valence-corrected chi connectivity index (χ4v) is 4.95. The Labute approximate surface area is 200 Å². The first-order valence-corrected chi connectivity index (χ1v) is 11.6. The second-order valence-corrected chi connectivity index (χ2v) is 9.37. The molecule has 0 radical (unpaired) electrons. The minimum atomic E-state index is -4.55. The molecule has 0 saturated heterocycles. The second-order valence-electron chi connectivity index (χ2n) is 7.48. The quantitative estimate of drug-likeness (QED) is 0.338. The number of carbonyl (C=O) groups excluding carboxylic acids is 1. The summed E-state index contributed by atoms with van der Waals surface area (Å²) in [5.74, 6) is -0.636. The summed E-state index contributed by atoms with van der Waals surface area (Å²) in [7, 11) is -2.91. The highest BCUT2D eigenvalue weighted by atomic mass is 32.2. The maximum atomic E-state index is 13.6. The lowest BCUT2D eigenvalue weighted by molar-refractivity contribution is -0.137. The van der Waals surface area contributed by atoms with Gasteiger partial charge >= 0.3 is 6.18 Å². The number of rotatable bonds is 9. The van der Waals surface area contributed by atoms with Gasteiger partial charge in [0.2, 0.25) is 10.0 Å². The Hall–Kier alpha value is -3.48. The van der Waals surface area contributed by atoms with Crippen LogP contribution in [-0.4, -0.2) is 42.0 Å². The van der Waals surface area contributed by atoms with Crippen molar-refractivity contribution in [2.45, 2.75) is 30.1 Å². The van der Waals surface area contributed by atoms with Gasteiger partial charge in [-0.15, -0.1) is 0 Å². The summed E-state index contributed by atoms with van der Waals surface area (Å²) < 4.78 is 72.0. The average Bonchev–Trinajstić information content (AvgIpc) is 2.86. The van der Waals surface area contributed by atoms with Gasteiger partial charge in [-0.2, -0.15) is 17.5 Å². The van der Waals surface area contributed by atoms with Crippen LogP contribution in [0.4, 0.5) is 13.2 Å². The van der Waals surface area contributed by atoms with Crippen LogP contribution in [-0.2, 0) is 34.0 Å². The van der Waals surface area contributed by atoms with Crippen molar-refractivity contribution in [2.24, 2.45) is 0 Å². The van der Waals surface area contributed by atoms with E-state index in [1.54, 1.807) is 12.1 Å². The summed E-state index contributed by atoms with van der Waals surface area (Å²) in [6, 6.07) is 11.2. The molecular formula is C23H22F3N3O5S. The molecule has 1 aromatic heterocycles. The summed E-state index contributed by atoms with van der Waals surface area (Å²) in [5.41, 5.74) is 1.29. The molecule has 2 aromatic carbocycles. The summed E-state index contributed by atoms with van der Waals surface area (Å²) in [4.78, 5) is 16.5. The van der Waals surface area contributed by atoms with Gasteiger partial charge in [-0.3, -0.25) is 15.0 Å². The van der Waals surface area contributed by atoms with Crippen LogP contribution in [0.25, 0.3) is 0 Å². The van der Waals surface area contributed by atoms with E-state index in [2.05, 4.69) is 4.98 Å². The number of ether oxygens (including phenoxy) is 1. The molecule has 0 aliphatic heterocycles. The number of alkyl halides is 3. The number of hydrogen-bond donors (Lipinski definition) is 2. The van der Waals surface area contributed by atoms with Gasteiger partial charge in [-0.05, 0) is 60.0 Å². The van der Waals surface area contributed by atoms with E-state index < -0.39 is 33.7 Å². The van der Waals surface area contributed by atoms with Crippen molar-refractivity contribution < 1.29 is 36.3 Å². The second kappa shape index (κ2) is 10.8. The molecule has 8 nitrogen and oxygen atoms in total. The minimum absolute atomic E-state index is 0.148. The van der Waals surface area contributed by atoms with Crippen molar-refractivity contribution in [1.29, 1.82) is 0 Å². The Morgan fingerprint density at radius 1 is 1.09 bits per heavy atom. The molecule has 3 aromatic rings. The van der Waals surface area contributed by atoms with Crippen molar-refractivity contribution in [3.63, 3.8) is 0 Å². The summed E-state index contributed by atoms with van der Waals surface area (Å²) in [6.45, 7) is -0.291. The zero-order valence-electron chi connectivity index (χ0n) is 18.4. The molecule has 12 heteroatoms. The molecule has 1 atom stereocenters. The number of amides is 1. The molecule has 3 rings (SSSR count). The highest BCUT2D eigenvalue weighted by molar-refractivity contribution is 7.89. The normalized spacial score (nSPS) is 12.9.